The van der Waals surface area contributed by atoms with Gasteiger partial charge < -0.3 is 30.0 Å². The molecule has 3 N–H and O–H groups in total. The maximum absolute atomic E-state index is 12.8. The quantitative estimate of drug-likeness (QED) is 0.511. The number of carbonyl (C=O) groups excluding carboxylic acids is 3. The number of ether oxygens (including phenoxy) is 3. The first-order valence-electron chi connectivity index (χ1n) is 9.22. The number of nitrogens with two attached hydrogens (primary N) is 1. The Bertz CT molecular complexity index is 847. The summed E-state index contributed by atoms with van der Waals surface area (Å²) in [5, 5.41) is 9.93. The van der Waals surface area contributed by atoms with Crippen molar-refractivity contribution in [2.24, 2.45) is 17.6 Å². The minimum absolute atomic E-state index is 0.00278. The van der Waals surface area contributed by atoms with Crippen LogP contribution < -0.4 is 10.5 Å². The Balaban J connectivity index is 1.80. The molecule has 1 aromatic rings. The average Bonchev–Trinajstić information content (AvgIpc) is 2.92. The predicted molar refractivity (Wildman–Crippen MR) is 100 cm³/mol. The van der Waals surface area contributed by atoms with E-state index in [2.05, 4.69) is 0 Å². The van der Waals surface area contributed by atoms with Crippen LogP contribution in [0.25, 0.3) is 0 Å². The third-order valence-corrected chi connectivity index (χ3v) is 5.41. The summed E-state index contributed by atoms with van der Waals surface area (Å²) in [6, 6.07) is 6.62. The fraction of sp³-hybridized carbons (Fsp3) is 0.450. The Labute approximate surface area is 168 Å². The monoisotopic (exact) mass is 404 g/mol. The lowest BCUT2D eigenvalue weighted by atomic mass is 9.78. The van der Waals surface area contributed by atoms with Crippen molar-refractivity contribution < 1.29 is 33.7 Å². The van der Waals surface area contributed by atoms with Crippen LogP contribution in [-0.2, 0) is 25.7 Å². The highest BCUT2D eigenvalue weighted by molar-refractivity contribution is 6.00. The molecule has 2 aliphatic heterocycles. The topological polar surface area (TPSA) is 128 Å². The second-order valence-electron chi connectivity index (χ2n) is 7.16. The molecule has 156 valence electrons. The van der Waals surface area contributed by atoms with Crippen molar-refractivity contribution in [3.63, 3.8) is 0 Å². The molecular formula is C20H24N2O7. The van der Waals surface area contributed by atoms with Gasteiger partial charge in [0.15, 0.2) is 0 Å². The van der Waals surface area contributed by atoms with Gasteiger partial charge in [0, 0.05) is 11.5 Å². The number of carbonyl (C=O) groups is 3. The molecule has 0 aromatic heterocycles. The first-order valence-corrected chi connectivity index (χ1v) is 9.22. The van der Waals surface area contributed by atoms with Crippen LogP contribution in [0.15, 0.2) is 35.5 Å². The molecule has 3 rings (SSSR count). The molecule has 0 bridgehead atoms. The molecule has 29 heavy (non-hydrogen) atoms. The van der Waals surface area contributed by atoms with Gasteiger partial charge in [0.2, 0.25) is 5.91 Å². The maximum Gasteiger partial charge on any atom is 0.404 e. The van der Waals surface area contributed by atoms with E-state index in [0.717, 1.165) is 5.56 Å². The number of amides is 2. The molecule has 0 radical (unpaired) electrons. The van der Waals surface area contributed by atoms with E-state index in [1.54, 1.807) is 31.4 Å². The highest BCUT2D eigenvalue weighted by Crippen LogP contribution is 2.47. The zero-order valence-electron chi connectivity index (χ0n) is 16.5. The number of hydrogen-bond donors (Lipinski definition) is 2. The lowest BCUT2D eigenvalue weighted by Crippen LogP contribution is -2.63. The summed E-state index contributed by atoms with van der Waals surface area (Å²) in [5.41, 5.74) is 6.30. The molecule has 0 aliphatic carbocycles. The Kier molecular flexibility index (Phi) is 5.78. The van der Waals surface area contributed by atoms with E-state index in [-0.39, 0.29) is 30.7 Å². The highest BCUT2D eigenvalue weighted by Gasteiger charge is 2.60. The second-order valence-corrected chi connectivity index (χ2v) is 7.16. The first kappa shape index (κ1) is 20.7. The first-order chi connectivity index (χ1) is 13.8. The SMILES string of the molecule is COc1ccc(COC(=O)C2=C(COC(N)=O)[C@H](C)[C@@H]3[C@@H]([C@@H](C)O)C(=O)N23)cc1. The van der Waals surface area contributed by atoms with E-state index in [1.165, 1.54) is 11.8 Å². The molecule has 2 aliphatic rings. The molecule has 9 heteroatoms. The summed E-state index contributed by atoms with van der Waals surface area (Å²) in [6.45, 7) is 3.11. The van der Waals surface area contributed by atoms with Crippen molar-refractivity contribution in [3.8, 4) is 5.75 Å². The van der Waals surface area contributed by atoms with E-state index in [4.69, 9.17) is 19.9 Å². The normalized spacial score (nSPS) is 23.9. The number of aliphatic hydroxyl groups is 1. The number of β-lactam (4-membered cyclic amide) rings is 1. The van der Waals surface area contributed by atoms with Crippen LogP contribution in [0.3, 0.4) is 0 Å². The summed E-state index contributed by atoms with van der Waals surface area (Å²) in [7, 11) is 1.56. The molecule has 0 spiro atoms. The lowest BCUT2D eigenvalue weighted by molar-refractivity contribution is -0.164. The van der Waals surface area contributed by atoms with Crippen LogP contribution in [0, 0.1) is 11.8 Å². The Morgan fingerprint density at radius 3 is 2.41 bits per heavy atom. The van der Waals surface area contributed by atoms with Gasteiger partial charge in [-0.05, 0) is 24.6 Å². The minimum Gasteiger partial charge on any atom is -0.497 e. The number of fused-ring (bicyclic) bond motifs is 1. The molecule has 2 amide bonds. The number of esters is 1. The minimum atomic E-state index is -0.983. The van der Waals surface area contributed by atoms with E-state index in [1.807, 2.05) is 6.92 Å². The van der Waals surface area contributed by atoms with E-state index < -0.39 is 30.1 Å². The van der Waals surface area contributed by atoms with Gasteiger partial charge in [0.1, 0.15) is 24.7 Å². The fourth-order valence-corrected chi connectivity index (χ4v) is 3.91. The van der Waals surface area contributed by atoms with Gasteiger partial charge in [-0.25, -0.2) is 9.59 Å². The van der Waals surface area contributed by atoms with Crippen molar-refractivity contribution in [1.82, 2.24) is 4.90 Å². The van der Waals surface area contributed by atoms with Gasteiger partial charge in [0.25, 0.3) is 0 Å². The van der Waals surface area contributed by atoms with Gasteiger partial charge in [-0.1, -0.05) is 19.1 Å². The number of aliphatic hydroxyl groups excluding tert-OH is 1. The Hall–Kier alpha value is -3.07. The lowest BCUT2D eigenvalue weighted by Gasteiger charge is -2.46. The molecular weight excluding hydrogens is 380 g/mol. The number of methoxy groups -OCH3 is 1. The Morgan fingerprint density at radius 2 is 1.86 bits per heavy atom. The molecule has 0 saturated carbocycles. The van der Waals surface area contributed by atoms with Crippen LogP contribution in [0.5, 0.6) is 5.75 Å². The molecule has 1 saturated heterocycles. The molecule has 1 aromatic carbocycles. The second kappa shape index (κ2) is 8.12. The average molecular weight is 404 g/mol. The summed E-state index contributed by atoms with van der Waals surface area (Å²) in [4.78, 5) is 37.8. The third kappa shape index (κ3) is 3.77. The molecule has 1 fully saturated rings. The van der Waals surface area contributed by atoms with Gasteiger partial charge >= 0.3 is 12.1 Å². The number of hydrogen-bond acceptors (Lipinski definition) is 7. The number of benzene rings is 1. The molecule has 9 nitrogen and oxygen atoms in total. The largest absolute Gasteiger partial charge is 0.497 e. The number of primary amides is 1. The van der Waals surface area contributed by atoms with Gasteiger partial charge in [-0.15, -0.1) is 0 Å². The van der Waals surface area contributed by atoms with Crippen molar-refractivity contribution >= 4 is 18.0 Å². The van der Waals surface area contributed by atoms with Crippen LogP contribution >= 0.6 is 0 Å². The van der Waals surface area contributed by atoms with Gasteiger partial charge in [-0.3, -0.25) is 4.79 Å². The maximum atomic E-state index is 12.8. The Morgan fingerprint density at radius 1 is 1.21 bits per heavy atom. The van der Waals surface area contributed by atoms with E-state index in [0.29, 0.717) is 11.3 Å². The van der Waals surface area contributed by atoms with Crippen LogP contribution in [0.1, 0.15) is 19.4 Å². The van der Waals surface area contributed by atoms with Crippen molar-refractivity contribution in [3.05, 3.63) is 41.1 Å². The molecule has 4 atom stereocenters. The standard InChI is InChI=1S/C20H24N2O7/c1-10-14(9-29-20(21)26)17(22-16(10)15(11(2)23)18(22)24)19(25)28-8-12-4-6-13(27-3)7-5-12/h4-7,10-11,15-16,23H,8-9H2,1-3H3,(H2,21,26)/t10-,11+,15+,16+/m0/s1. The van der Waals surface area contributed by atoms with E-state index in [9.17, 15) is 19.5 Å². The summed E-state index contributed by atoms with van der Waals surface area (Å²) >= 11 is 0. The van der Waals surface area contributed by atoms with E-state index >= 15 is 0 Å². The molecule has 0 unspecified atom stereocenters. The number of nitrogens with zero attached hydrogens (tertiary/aromatic N) is 1. The van der Waals surface area contributed by atoms with Crippen LogP contribution in [-0.4, -0.2) is 53.8 Å². The fourth-order valence-electron chi connectivity index (χ4n) is 3.91. The summed E-state index contributed by atoms with van der Waals surface area (Å²) in [6.07, 6.45) is -1.84. The van der Waals surface area contributed by atoms with Crippen molar-refractivity contribution in [1.29, 1.82) is 0 Å². The summed E-state index contributed by atoms with van der Waals surface area (Å²) < 4.78 is 15.4. The van der Waals surface area contributed by atoms with Gasteiger partial charge in [0.05, 0.1) is 25.2 Å². The zero-order chi connectivity index (χ0) is 21.3. The third-order valence-electron chi connectivity index (χ3n) is 5.41. The van der Waals surface area contributed by atoms with Crippen molar-refractivity contribution in [2.45, 2.75) is 32.6 Å². The predicted octanol–water partition coefficient (Wildman–Crippen LogP) is 0.945. The smallest absolute Gasteiger partial charge is 0.404 e. The van der Waals surface area contributed by atoms with Crippen LogP contribution in [0.2, 0.25) is 0 Å². The van der Waals surface area contributed by atoms with Crippen LogP contribution in [0.4, 0.5) is 4.79 Å². The highest BCUT2D eigenvalue weighted by atomic mass is 16.5. The van der Waals surface area contributed by atoms with Crippen molar-refractivity contribution in [2.75, 3.05) is 13.7 Å². The van der Waals surface area contributed by atoms with Gasteiger partial charge in [-0.2, -0.15) is 0 Å². The number of rotatable bonds is 7. The summed E-state index contributed by atoms with van der Waals surface area (Å²) in [5.74, 6) is -1.30. The molecule has 2 heterocycles. The zero-order valence-corrected chi connectivity index (χ0v) is 16.5.